The quantitative estimate of drug-likeness (QED) is 0.787. The highest BCUT2D eigenvalue weighted by molar-refractivity contribution is 6.07. The molecule has 2 aliphatic heterocycles. The van der Waals surface area contributed by atoms with Gasteiger partial charge in [-0.2, -0.15) is 0 Å². The topological polar surface area (TPSA) is 38.8 Å². The molecule has 0 saturated carbocycles. The summed E-state index contributed by atoms with van der Waals surface area (Å²) in [6.07, 6.45) is 3.17. The number of halogens is 2. The zero-order valence-corrected chi connectivity index (χ0v) is 15.6. The Balaban J connectivity index is 1.57. The van der Waals surface area contributed by atoms with Crippen molar-refractivity contribution in [3.63, 3.8) is 0 Å². The predicted molar refractivity (Wildman–Crippen MR) is 101 cm³/mol. The summed E-state index contributed by atoms with van der Waals surface area (Å²) in [6, 6.07) is 9.65. The van der Waals surface area contributed by atoms with Crippen molar-refractivity contribution in [2.75, 3.05) is 24.7 Å². The minimum Gasteiger partial charge on any atom is -0.381 e. The summed E-state index contributed by atoms with van der Waals surface area (Å²) >= 11 is 0. The third-order valence-electron chi connectivity index (χ3n) is 5.38. The van der Waals surface area contributed by atoms with Crippen molar-refractivity contribution in [2.24, 2.45) is 0 Å². The second-order valence-electron chi connectivity index (χ2n) is 7.24. The molecule has 2 aliphatic rings. The number of aryl methyl sites for hydroxylation is 1. The zero-order chi connectivity index (χ0) is 19.5. The number of carbonyl (C=O) groups is 1. The van der Waals surface area contributed by atoms with Crippen LogP contribution in [0, 0.1) is 11.6 Å². The van der Waals surface area contributed by atoms with Crippen LogP contribution in [0.1, 0.15) is 40.7 Å². The van der Waals surface area contributed by atoms with Crippen LogP contribution in [0.25, 0.3) is 0 Å². The fraction of sp³-hybridized carbons (Fsp3) is 0.409. The number of anilines is 1. The second-order valence-corrected chi connectivity index (χ2v) is 7.24. The Morgan fingerprint density at radius 1 is 1.14 bits per heavy atom. The molecule has 0 aromatic heterocycles. The molecule has 0 bridgehead atoms. The van der Waals surface area contributed by atoms with Crippen LogP contribution >= 0.6 is 0 Å². The smallest absolute Gasteiger partial charge is 0.258 e. The van der Waals surface area contributed by atoms with Gasteiger partial charge in [-0.25, -0.2) is 8.78 Å². The van der Waals surface area contributed by atoms with Crippen LogP contribution < -0.4 is 4.90 Å². The van der Waals surface area contributed by atoms with Gasteiger partial charge in [0.25, 0.3) is 5.91 Å². The Morgan fingerprint density at radius 3 is 2.71 bits per heavy atom. The van der Waals surface area contributed by atoms with E-state index in [9.17, 15) is 13.6 Å². The third-order valence-corrected chi connectivity index (χ3v) is 5.38. The standard InChI is InChI=1S/C22H23F2NO3/c23-19-12-15-5-3-9-25(21(15)13-20(19)24)22(26)18-6-2-1-4-16(18)14-28-17-7-10-27-11-8-17/h1-2,4,6,12-13,17H,3,5,7-11,14H2. The number of carbonyl (C=O) groups excluding carboxylic acids is 1. The van der Waals surface area contributed by atoms with E-state index in [0.29, 0.717) is 56.0 Å². The number of ether oxygens (including phenoxy) is 2. The van der Waals surface area contributed by atoms with Gasteiger partial charge in [-0.05, 0) is 48.9 Å². The molecule has 2 aromatic rings. The van der Waals surface area contributed by atoms with Crippen molar-refractivity contribution in [1.29, 1.82) is 0 Å². The summed E-state index contributed by atoms with van der Waals surface area (Å²) in [5, 5.41) is 0. The highest BCUT2D eigenvalue weighted by atomic mass is 19.2. The molecule has 4 rings (SSSR count). The lowest BCUT2D eigenvalue weighted by Gasteiger charge is -2.30. The summed E-state index contributed by atoms with van der Waals surface area (Å²) in [4.78, 5) is 14.8. The molecular formula is C22H23F2NO3. The van der Waals surface area contributed by atoms with E-state index in [4.69, 9.17) is 9.47 Å². The van der Waals surface area contributed by atoms with Crippen LogP contribution in [0.5, 0.6) is 0 Å². The van der Waals surface area contributed by atoms with Crippen LogP contribution in [0.3, 0.4) is 0 Å². The molecule has 28 heavy (non-hydrogen) atoms. The van der Waals surface area contributed by atoms with Crippen LogP contribution in [0.4, 0.5) is 14.5 Å². The van der Waals surface area contributed by atoms with Gasteiger partial charge in [-0.15, -0.1) is 0 Å². The molecule has 0 aliphatic carbocycles. The van der Waals surface area contributed by atoms with E-state index < -0.39 is 11.6 Å². The van der Waals surface area contributed by atoms with Crippen LogP contribution in [0.2, 0.25) is 0 Å². The highest BCUT2D eigenvalue weighted by Crippen LogP contribution is 2.31. The largest absolute Gasteiger partial charge is 0.381 e. The van der Waals surface area contributed by atoms with Gasteiger partial charge in [0, 0.05) is 31.4 Å². The van der Waals surface area contributed by atoms with Crippen molar-refractivity contribution in [2.45, 2.75) is 38.4 Å². The van der Waals surface area contributed by atoms with E-state index in [1.54, 1.807) is 17.0 Å². The third kappa shape index (κ3) is 3.93. The van der Waals surface area contributed by atoms with Gasteiger partial charge in [0.2, 0.25) is 0 Å². The molecule has 0 N–H and O–H groups in total. The van der Waals surface area contributed by atoms with Gasteiger partial charge in [-0.1, -0.05) is 18.2 Å². The maximum Gasteiger partial charge on any atom is 0.258 e. The molecule has 4 nitrogen and oxygen atoms in total. The number of benzene rings is 2. The van der Waals surface area contributed by atoms with Gasteiger partial charge in [0.05, 0.1) is 18.4 Å². The van der Waals surface area contributed by atoms with Gasteiger partial charge >= 0.3 is 0 Å². The number of fused-ring (bicyclic) bond motifs is 1. The summed E-state index contributed by atoms with van der Waals surface area (Å²) in [7, 11) is 0. The molecule has 1 amide bonds. The molecule has 1 saturated heterocycles. The first-order chi connectivity index (χ1) is 13.6. The van der Waals surface area contributed by atoms with E-state index in [2.05, 4.69) is 0 Å². The molecule has 2 aromatic carbocycles. The van der Waals surface area contributed by atoms with Gasteiger partial charge in [-0.3, -0.25) is 4.79 Å². The first-order valence-electron chi connectivity index (χ1n) is 9.70. The van der Waals surface area contributed by atoms with Crippen molar-refractivity contribution in [3.8, 4) is 0 Å². The minimum absolute atomic E-state index is 0.129. The van der Waals surface area contributed by atoms with Crippen LogP contribution in [-0.2, 0) is 22.5 Å². The Kier molecular flexibility index (Phi) is 5.69. The lowest BCUT2D eigenvalue weighted by atomic mass is 9.99. The second kappa shape index (κ2) is 8.37. The van der Waals surface area contributed by atoms with Crippen LogP contribution in [0.15, 0.2) is 36.4 Å². The van der Waals surface area contributed by atoms with E-state index in [1.807, 2.05) is 12.1 Å². The molecule has 0 unspecified atom stereocenters. The first-order valence-corrected chi connectivity index (χ1v) is 9.70. The highest BCUT2D eigenvalue weighted by Gasteiger charge is 2.27. The maximum absolute atomic E-state index is 13.8. The Hall–Kier alpha value is -2.31. The first kappa shape index (κ1) is 19.0. The zero-order valence-electron chi connectivity index (χ0n) is 15.6. The average Bonchev–Trinajstić information content (AvgIpc) is 2.73. The Bertz CT molecular complexity index is 865. The number of hydrogen-bond acceptors (Lipinski definition) is 3. The van der Waals surface area contributed by atoms with Gasteiger partial charge in [0.15, 0.2) is 11.6 Å². The lowest BCUT2D eigenvalue weighted by Crippen LogP contribution is -2.36. The summed E-state index contributed by atoms with van der Waals surface area (Å²) in [6.45, 7) is 2.20. The SMILES string of the molecule is O=C(c1ccccc1COC1CCOCC1)N1CCCc2cc(F)c(F)cc21. The van der Waals surface area contributed by atoms with Gasteiger partial charge in [0.1, 0.15) is 0 Å². The van der Waals surface area contributed by atoms with Crippen molar-refractivity contribution in [3.05, 3.63) is 64.7 Å². The van der Waals surface area contributed by atoms with E-state index in [-0.39, 0.29) is 12.0 Å². The van der Waals surface area contributed by atoms with Crippen LogP contribution in [-0.4, -0.2) is 31.8 Å². The maximum atomic E-state index is 13.8. The van der Waals surface area contributed by atoms with Crippen molar-refractivity contribution in [1.82, 2.24) is 0 Å². The minimum atomic E-state index is -0.936. The van der Waals surface area contributed by atoms with Crippen molar-refractivity contribution >= 4 is 11.6 Å². The predicted octanol–water partition coefficient (Wildman–Crippen LogP) is 4.25. The fourth-order valence-corrected chi connectivity index (χ4v) is 3.84. The van der Waals surface area contributed by atoms with E-state index >= 15 is 0 Å². The average molecular weight is 387 g/mol. The summed E-state index contributed by atoms with van der Waals surface area (Å²) < 4.78 is 38.7. The number of nitrogens with zero attached hydrogens (tertiary/aromatic N) is 1. The molecule has 0 spiro atoms. The Labute approximate surface area is 163 Å². The summed E-state index contributed by atoms with van der Waals surface area (Å²) in [5.74, 6) is -2.02. The lowest BCUT2D eigenvalue weighted by molar-refractivity contribution is -0.0391. The molecular weight excluding hydrogens is 364 g/mol. The monoisotopic (exact) mass is 387 g/mol. The molecule has 2 heterocycles. The van der Waals surface area contributed by atoms with Gasteiger partial charge < -0.3 is 14.4 Å². The summed E-state index contributed by atoms with van der Waals surface area (Å²) in [5.41, 5.74) is 2.45. The normalized spacial score (nSPS) is 17.4. The molecule has 148 valence electrons. The van der Waals surface area contributed by atoms with Crippen molar-refractivity contribution < 1.29 is 23.0 Å². The number of amides is 1. The Morgan fingerprint density at radius 2 is 1.89 bits per heavy atom. The molecule has 1 fully saturated rings. The number of rotatable bonds is 4. The number of hydrogen-bond donors (Lipinski definition) is 0. The fourth-order valence-electron chi connectivity index (χ4n) is 3.84. The van der Waals surface area contributed by atoms with E-state index in [0.717, 1.165) is 24.5 Å². The van der Waals surface area contributed by atoms with E-state index in [1.165, 1.54) is 6.07 Å². The molecule has 6 heteroatoms. The molecule has 0 atom stereocenters. The molecule has 0 radical (unpaired) electrons.